The standard InChI is InChI=1S/C24H33N3O4S/c1-24(2,3)23(28)27(19-8-9-19)16-17-15-18(7-14-22(17)26(4)5)25-32(29,30)21-12-10-20(31-6)11-13-21/h7,10-15,19,25H,8-9,16H2,1-6H3. The second kappa shape index (κ2) is 9.02. The highest BCUT2D eigenvalue weighted by Crippen LogP contribution is 2.35. The van der Waals surface area contributed by atoms with Crippen molar-refractivity contribution >= 4 is 27.3 Å². The fourth-order valence-corrected chi connectivity index (χ4v) is 4.60. The maximum absolute atomic E-state index is 13.1. The van der Waals surface area contributed by atoms with E-state index in [0.717, 1.165) is 24.1 Å². The molecule has 0 heterocycles. The Bertz CT molecular complexity index is 1070. The molecule has 2 aromatic carbocycles. The summed E-state index contributed by atoms with van der Waals surface area (Å²) in [6.45, 7) is 6.22. The summed E-state index contributed by atoms with van der Waals surface area (Å²) in [4.78, 5) is 17.1. The van der Waals surface area contributed by atoms with Crippen molar-refractivity contribution in [2.24, 2.45) is 5.41 Å². The van der Waals surface area contributed by atoms with Gasteiger partial charge < -0.3 is 14.5 Å². The summed E-state index contributed by atoms with van der Waals surface area (Å²) in [6.07, 6.45) is 2.01. The number of benzene rings is 2. The number of rotatable bonds is 8. The lowest BCUT2D eigenvalue weighted by Crippen LogP contribution is -2.40. The van der Waals surface area contributed by atoms with Gasteiger partial charge in [-0.05, 0) is 60.9 Å². The van der Waals surface area contributed by atoms with Crippen molar-refractivity contribution in [2.75, 3.05) is 30.8 Å². The molecule has 8 heteroatoms. The van der Waals surface area contributed by atoms with E-state index in [1.54, 1.807) is 18.2 Å². The molecule has 0 aliphatic heterocycles. The monoisotopic (exact) mass is 459 g/mol. The fraction of sp³-hybridized carbons (Fsp3) is 0.458. The van der Waals surface area contributed by atoms with Gasteiger partial charge in [-0.3, -0.25) is 9.52 Å². The van der Waals surface area contributed by atoms with Crippen molar-refractivity contribution in [1.82, 2.24) is 4.90 Å². The van der Waals surface area contributed by atoms with Gasteiger partial charge in [-0.15, -0.1) is 0 Å². The molecule has 1 fully saturated rings. The Hall–Kier alpha value is -2.74. The molecule has 0 spiro atoms. The van der Waals surface area contributed by atoms with Crippen molar-refractivity contribution in [2.45, 2.75) is 51.1 Å². The predicted molar refractivity (Wildman–Crippen MR) is 128 cm³/mol. The summed E-state index contributed by atoms with van der Waals surface area (Å²) in [5.41, 5.74) is 1.83. The number of amides is 1. The van der Waals surface area contributed by atoms with E-state index >= 15 is 0 Å². The highest BCUT2D eigenvalue weighted by molar-refractivity contribution is 7.92. The molecule has 1 aliphatic carbocycles. The molecule has 1 amide bonds. The minimum absolute atomic E-state index is 0.105. The summed E-state index contributed by atoms with van der Waals surface area (Å²) in [7, 11) is 1.65. The molecule has 0 unspecified atom stereocenters. The molecule has 1 N–H and O–H groups in total. The quantitative estimate of drug-likeness (QED) is 0.643. The highest BCUT2D eigenvalue weighted by atomic mass is 32.2. The molecule has 0 saturated heterocycles. The lowest BCUT2D eigenvalue weighted by Gasteiger charge is -2.31. The van der Waals surface area contributed by atoms with Crippen molar-refractivity contribution in [3.8, 4) is 5.75 Å². The predicted octanol–water partition coefficient (Wildman–Crippen LogP) is 4.10. The Labute approximate surface area is 191 Å². The van der Waals surface area contributed by atoms with Crippen molar-refractivity contribution in [1.29, 1.82) is 0 Å². The average molecular weight is 460 g/mol. The van der Waals surface area contributed by atoms with Crippen LogP contribution in [0.3, 0.4) is 0 Å². The second-order valence-electron chi connectivity index (χ2n) is 9.43. The number of carbonyl (C=O) groups excluding carboxylic acids is 1. The summed E-state index contributed by atoms with van der Waals surface area (Å²) >= 11 is 0. The zero-order valence-corrected chi connectivity index (χ0v) is 20.5. The number of hydrogen-bond donors (Lipinski definition) is 1. The van der Waals surface area contributed by atoms with E-state index in [1.165, 1.54) is 19.2 Å². The molecule has 174 valence electrons. The van der Waals surface area contributed by atoms with E-state index in [1.807, 2.05) is 56.8 Å². The van der Waals surface area contributed by atoms with Gasteiger partial charge in [0.2, 0.25) is 5.91 Å². The Balaban J connectivity index is 1.90. The first kappa shape index (κ1) is 23.9. The zero-order valence-electron chi connectivity index (χ0n) is 19.7. The Kier molecular flexibility index (Phi) is 6.74. The molecule has 3 rings (SSSR count). The zero-order chi connectivity index (χ0) is 23.7. The third kappa shape index (κ3) is 5.54. The second-order valence-corrected chi connectivity index (χ2v) is 11.1. The number of sulfonamides is 1. The lowest BCUT2D eigenvalue weighted by molar-refractivity contribution is -0.140. The van der Waals surface area contributed by atoms with Crippen LogP contribution in [0, 0.1) is 5.41 Å². The Morgan fingerprint density at radius 3 is 2.22 bits per heavy atom. The van der Waals surface area contributed by atoms with E-state index in [9.17, 15) is 13.2 Å². The van der Waals surface area contributed by atoms with Crippen molar-refractivity contribution in [3.63, 3.8) is 0 Å². The van der Waals surface area contributed by atoms with Gasteiger partial charge in [-0.25, -0.2) is 8.42 Å². The van der Waals surface area contributed by atoms with Crippen LogP contribution in [0.1, 0.15) is 39.2 Å². The summed E-state index contributed by atoms with van der Waals surface area (Å²) in [5.74, 6) is 0.694. The van der Waals surface area contributed by atoms with Crippen LogP contribution in [-0.4, -0.2) is 46.5 Å². The van der Waals surface area contributed by atoms with Crippen LogP contribution in [0.15, 0.2) is 47.4 Å². The third-order valence-corrected chi connectivity index (χ3v) is 6.81. The third-order valence-electron chi connectivity index (χ3n) is 5.41. The first-order valence-electron chi connectivity index (χ1n) is 10.7. The van der Waals surface area contributed by atoms with E-state index in [0.29, 0.717) is 18.0 Å². The first-order valence-corrected chi connectivity index (χ1v) is 12.2. The molecule has 0 bridgehead atoms. The molecule has 7 nitrogen and oxygen atoms in total. The maximum atomic E-state index is 13.1. The van der Waals surface area contributed by atoms with Crippen LogP contribution < -0.4 is 14.4 Å². The molecular weight excluding hydrogens is 426 g/mol. The Morgan fingerprint density at radius 2 is 1.72 bits per heavy atom. The van der Waals surface area contributed by atoms with Crippen LogP contribution in [0.25, 0.3) is 0 Å². The molecule has 1 saturated carbocycles. The number of anilines is 2. The van der Waals surface area contributed by atoms with Crippen LogP contribution in [0.4, 0.5) is 11.4 Å². The molecule has 0 atom stereocenters. The normalized spacial score (nSPS) is 14.1. The van der Waals surface area contributed by atoms with Crippen LogP contribution in [0.2, 0.25) is 0 Å². The molecular formula is C24H33N3O4S. The number of hydrogen-bond acceptors (Lipinski definition) is 5. The van der Waals surface area contributed by atoms with Gasteiger partial charge in [0, 0.05) is 43.5 Å². The minimum atomic E-state index is -3.76. The number of ether oxygens (including phenoxy) is 1. The van der Waals surface area contributed by atoms with Crippen LogP contribution in [0.5, 0.6) is 5.75 Å². The van der Waals surface area contributed by atoms with Gasteiger partial charge in [0.15, 0.2) is 0 Å². The van der Waals surface area contributed by atoms with Crippen molar-refractivity contribution < 1.29 is 17.9 Å². The molecule has 2 aromatic rings. The molecule has 32 heavy (non-hydrogen) atoms. The topological polar surface area (TPSA) is 79.0 Å². The summed E-state index contributed by atoms with van der Waals surface area (Å²) < 4.78 is 33.5. The smallest absolute Gasteiger partial charge is 0.261 e. The van der Waals surface area contributed by atoms with Gasteiger partial charge >= 0.3 is 0 Å². The van der Waals surface area contributed by atoms with Crippen LogP contribution >= 0.6 is 0 Å². The number of methoxy groups -OCH3 is 1. The number of carbonyl (C=O) groups is 1. The largest absolute Gasteiger partial charge is 0.497 e. The molecule has 0 aromatic heterocycles. The van der Waals surface area contributed by atoms with Crippen molar-refractivity contribution in [3.05, 3.63) is 48.0 Å². The fourth-order valence-electron chi connectivity index (χ4n) is 3.55. The van der Waals surface area contributed by atoms with Gasteiger partial charge in [-0.2, -0.15) is 0 Å². The van der Waals surface area contributed by atoms with Gasteiger partial charge in [0.25, 0.3) is 10.0 Å². The van der Waals surface area contributed by atoms with E-state index in [2.05, 4.69) is 4.72 Å². The minimum Gasteiger partial charge on any atom is -0.497 e. The van der Waals surface area contributed by atoms with Gasteiger partial charge in [0.1, 0.15) is 5.75 Å². The summed E-state index contributed by atoms with van der Waals surface area (Å²) in [5, 5.41) is 0. The first-order chi connectivity index (χ1) is 14.9. The van der Waals surface area contributed by atoms with E-state index in [4.69, 9.17) is 4.74 Å². The lowest BCUT2D eigenvalue weighted by atomic mass is 9.94. The summed E-state index contributed by atoms with van der Waals surface area (Å²) in [6, 6.07) is 11.9. The van der Waals surface area contributed by atoms with Gasteiger partial charge in [-0.1, -0.05) is 20.8 Å². The highest BCUT2D eigenvalue weighted by Gasteiger charge is 2.37. The number of nitrogens with one attached hydrogen (secondary N) is 1. The Morgan fingerprint density at radius 1 is 1.09 bits per heavy atom. The number of nitrogens with zero attached hydrogens (tertiary/aromatic N) is 2. The van der Waals surface area contributed by atoms with E-state index in [-0.39, 0.29) is 16.8 Å². The average Bonchev–Trinajstić information content (AvgIpc) is 3.55. The molecule has 1 aliphatic rings. The van der Waals surface area contributed by atoms with Crippen LogP contribution in [-0.2, 0) is 21.4 Å². The maximum Gasteiger partial charge on any atom is 0.261 e. The molecule has 0 radical (unpaired) electrons. The van der Waals surface area contributed by atoms with E-state index < -0.39 is 15.4 Å². The van der Waals surface area contributed by atoms with Gasteiger partial charge in [0.05, 0.1) is 12.0 Å². The SMILES string of the molecule is COc1ccc(S(=O)(=O)Nc2ccc(N(C)C)c(CN(C(=O)C(C)(C)C)C3CC3)c2)cc1.